The van der Waals surface area contributed by atoms with Crippen LogP contribution in [0.2, 0.25) is 0 Å². The van der Waals surface area contributed by atoms with Crippen LogP contribution in [0.25, 0.3) is 11.0 Å². The molecule has 0 radical (unpaired) electrons. The molecule has 0 spiro atoms. The molecule has 0 aliphatic carbocycles. The molecule has 2 heteroatoms. The Morgan fingerprint density at radius 3 is 1.95 bits per heavy atom. The minimum absolute atomic E-state index is 0.286. The van der Waals surface area contributed by atoms with Crippen LogP contribution in [0.5, 0.6) is 0 Å². The average molecular weight is 274 g/mol. The van der Waals surface area contributed by atoms with Crippen molar-refractivity contribution in [3.8, 4) is 0 Å². The van der Waals surface area contributed by atoms with Gasteiger partial charge in [0.15, 0.2) is 0 Å². The summed E-state index contributed by atoms with van der Waals surface area (Å²) in [7, 11) is 0. The minimum atomic E-state index is 0.286. The number of para-hydroxylation sites is 2. The first-order valence-electron chi connectivity index (χ1n) is 7.39. The molecule has 0 aliphatic heterocycles. The van der Waals surface area contributed by atoms with Gasteiger partial charge in [0.2, 0.25) is 0 Å². The lowest BCUT2D eigenvalue weighted by molar-refractivity contribution is 0.345. The Bertz CT molecular complexity index is 545. The van der Waals surface area contributed by atoms with Crippen molar-refractivity contribution in [3.63, 3.8) is 0 Å². The van der Waals surface area contributed by atoms with Gasteiger partial charge in [0.1, 0.15) is 5.82 Å². The maximum absolute atomic E-state index is 4.56. The first kappa shape index (κ1) is 16.7. The van der Waals surface area contributed by atoms with E-state index in [0.717, 1.165) is 17.9 Å². The molecule has 1 aromatic heterocycles. The molecule has 0 saturated carbocycles. The van der Waals surface area contributed by atoms with E-state index in [1.54, 1.807) is 0 Å². The van der Waals surface area contributed by atoms with E-state index in [4.69, 9.17) is 0 Å². The molecule has 1 aromatic carbocycles. The van der Waals surface area contributed by atoms with Crippen molar-refractivity contribution in [3.05, 3.63) is 30.1 Å². The maximum atomic E-state index is 4.56. The number of aryl methyl sites for hydroxylation is 1. The Morgan fingerprint density at radius 2 is 1.45 bits per heavy atom. The lowest BCUT2D eigenvalue weighted by atomic mass is 9.97. The van der Waals surface area contributed by atoms with Gasteiger partial charge in [-0.3, -0.25) is 0 Å². The summed E-state index contributed by atoms with van der Waals surface area (Å²) in [6, 6.07) is 8.32. The van der Waals surface area contributed by atoms with Gasteiger partial charge in [0.05, 0.1) is 11.0 Å². The third-order valence-electron chi connectivity index (χ3n) is 2.48. The van der Waals surface area contributed by atoms with E-state index in [2.05, 4.69) is 83.1 Å². The molecule has 112 valence electrons. The van der Waals surface area contributed by atoms with Crippen LogP contribution < -0.4 is 0 Å². The number of aromatic nitrogens is 2. The highest BCUT2D eigenvalue weighted by Crippen LogP contribution is 2.22. The van der Waals surface area contributed by atoms with Gasteiger partial charge >= 0.3 is 0 Å². The molecule has 0 bridgehead atoms. The quantitative estimate of drug-likeness (QED) is 0.676. The van der Waals surface area contributed by atoms with Crippen molar-refractivity contribution in [2.24, 2.45) is 10.8 Å². The van der Waals surface area contributed by atoms with Crippen molar-refractivity contribution < 1.29 is 0 Å². The van der Waals surface area contributed by atoms with Gasteiger partial charge in [-0.2, -0.15) is 0 Å². The number of hydrogen-bond donors (Lipinski definition) is 0. The van der Waals surface area contributed by atoms with E-state index in [0.29, 0.717) is 5.41 Å². The van der Waals surface area contributed by atoms with Crippen molar-refractivity contribution >= 4 is 11.0 Å². The lowest BCUT2D eigenvalue weighted by Gasteiger charge is -2.20. The molecule has 2 rings (SSSR count). The van der Waals surface area contributed by atoms with E-state index in [1.165, 1.54) is 5.52 Å². The van der Waals surface area contributed by atoms with Crippen molar-refractivity contribution in [1.82, 2.24) is 9.55 Å². The fourth-order valence-electron chi connectivity index (χ4n) is 1.87. The predicted octanol–water partition coefficient (Wildman–Crippen LogP) is 5.44. The van der Waals surface area contributed by atoms with Gasteiger partial charge in [0.25, 0.3) is 0 Å². The molecule has 0 N–H and O–H groups in total. The zero-order chi connectivity index (χ0) is 15.6. The van der Waals surface area contributed by atoms with Crippen LogP contribution in [0, 0.1) is 17.8 Å². The van der Waals surface area contributed by atoms with E-state index >= 15 is 0 Å². The van der Waals surface area contributed by atoms with Crippen LogP contribution >= 0.6 is 0 Å². The largest absolute Gasteiger partial charge is 0.328 e. The molecule has 0 atom stereocenters. The maximum Gasteiger partial charge on any atom is 0.106 e. The number of fused-ring (bicyclic) bond motifs is 1. The fraction of sp³-hybridized carbons (Fsp3) is 0.611. The van der Waals surface area contributed by atoms with E-state index in [9.17, 15) is 0 Å². The summed E-state index contributed by atoms with van der Waals surface area (Å²) in [5.74, 6) is 1.10. The molecule has 0 saturated heterocycles. The number of hydrogen-bond acceptors (Lipinski definition) is 1. The van der Waals surface area contributed by atoms with Gasteiger partial charge in [-0.05, 0) is 29.9 Å². The highest BCUT2D eigenvalue weighted by Gasteiger charge is 2.15. The summed E-state index contributed by atoms with van der Waals surface area (Å²) in [6.07, 6.45) is 0. The predicted molar refractivity (Wildman–Crippen MR) is 89.1 cm³/mol. The lowest BCUT2D eigenvalue weighted by Crippen LogP contribution is -2.16. The first-order valence-corrected chi connectivity index (χ1v) is 7.39. The summed E-state index contributed by atoms with van der Waals surface area (Å²) < 4.78 is 2.30. The summed E-state index contributed by atoms with van der Waals surface area (Å²) in [5, 5.41) is 0. The smallest absolute Gasteiger partial charge is 0.106 e. The van der Waals surface area contributed by atoms with Crippen LogP contribution in [-0.4, -0.2) is 9.55 Å². The fourth-order valence-corrected chi connectivity index (χ4v) is 1.87. The normalized spacial score (nSPS) is 12.2. The van der Waals surface area contributed by atoms with E-state index in [1.807, 2.05) is 6.07 Å². The standard InChI is InChI=1S/C13H18N2.C5H12/c1-10-14-11-7-5-6-8-12(11)15(10)9-13(2,3)4;1-5(2,3)4/h5-8H,9H2,1-4H3;1-4H3. The molecule has 1 heterocycles. The summed E-state index contributed by atoms with van der Waals surface area (Å²) in [6.45, 7) is 18.6. The highest BCUT2D eigenvalue weighted by molar-refractivity contribution is 5.75. The Kier molecular flexibility index (Phi) is 5.01. The molecule has 0 amide bonds. The van der Waals surface area contributed by atoms with E-state index in [-0.39, 0.29) is 5.41 Å². The van der Waals surface area contributed by atoms with Crippen LogP contribution in [0.15, 0.2) is 24.3 Å². The Morgan fingerprint density at radius 1 is 0.950 bits per heavy atom. The second kappa shape index (κ2) is 5.99. The van der Waals surface area contributed by atoms with Crippen LogP contribution in [-0.2, 0) is 6.54 Å². The van der Waals surface area contributed by atoms with Gasteiger partial charge in [-0.15, -0.1) is 0 Å². The van der Waals surface area contributed by atoms with Gasteiger partial charge in [0, 0.05) is 6.54 Å². The van der Waals surface area contributed by atoms with Crippen molar-refractivity contribution in [2.75, 3.05) is 0 Å². The van der Waals surface area contributed by atoms with Crippen LogP contribution in [0.3, 0.4) is 0 Å². The molecule has 2 aromatic rings. The second-order valence-electron chi connectivity index (χ2n) is 8.29. The third-order valence-corrected chi connectivity index (χ3v) is 2.48. The number of benzene rings is 1. The number of nitrogens with zero attached hydrogens (tertiary/aromatic N) is 2. The molecule has 2 nitrogen and oxygen atoms in total. The minimum Gasteiger partial charge on any atom is -0.328 e. The topological polar surface area (TPSA) is 17.8 Å². The third kappa shape index (κ3) is 5.77. The molecule has 20 heavy (non-hydrogen) atoms. The second-order valence-corrected chi connectivity index (χ2v) is 8.29. The van der Waals surface area contributed by atoms with E-state index < -0.39 is 0 Å². The van der Waals surface area contributed by atoms with Crippen LogP contribution in [0.1, 0.15) is 54.3 Å². The van der Waals surface area contributed by atoms with Crippen molar-refractivity contribution in [1.29, 1.82) is 0 Å². The van der Waals surface area contributed by atoms with Gasteiger partial charge in [-0.1, -0.05) is 60.6 Å². The highest BCUT2D eigenvalue weighted by atomic mass is 15.1. The molecular weight excluding hydrogens is 244 g/mol. The molecule has 0 fully saturated rings. The summed E-state index contributed by atoms with van der Waals surface area (Å²) in [4.78, 5) is 4.56. The molecular formula is C18H30N2. The Hall–Kier alpha value is -1.31. The zero-order valence-corrected chi connectivity index (χ0v) is 14.4. The summed E-state index contributed by atoms with van der Waals surface area (Å²) in [5.41, 5.74) is 3.12. The monoisotopic (exact) mass is 274 g/mol. The van der Waals surface area contributed by atoms with Crippen LogP contribution in [0.4, 0.5) is 0 Å². The van der Waals surface area contributed by atoms with Gasteiger partial charge < -0.3 is 4.57 Å². The van der Waals surface area contributed by atoms with Gasteiger partial charge in [-0.25, -0.2) is 4.98 Å². The summed E-state index contributed by atoms with van der Waals surface area (Å²) >= 11 is 0. The SMILES string of the molecule is CC(C)(C)C.Cc1nc2ccccc2n1CC(C)(C)C. The Balaban J connectivity index is 0.000000347. The Labute approximate surface area is 124 Å². The zero-order valence-electron chi connectivity index (χ0n) is 14.4. The molecule has 0 unspecified atom stereocenters. The molecule has 0 aliphatic rings. The number of rotatable bonds is 1. The number of imidazole rings is 1. The van der Waals surface area contributed by atoms with Crippen molar-refractivity contribution in [2.45, 2.75) is 61.9 Å². The first-order chi connectivity index (χ1) is 8.97. The average Bonchev–Trinajstić information content (AvgIpc) is 2.51.